The lowest BCUT2D eigenvalue weighted by Gasteiger charge is -2.10. The molecule has 0 aliphatic carbocycles. The molecule has 1 amide bonds. The van der Waals surface area contributed by atoms with Crippen LogP contribution < -0.4 is 11.1 Å². The third-order valence-corrected chi connectivity index (χ3v) is 2.99. The standard InChI is InChI=1S/C8H12N4OS2/c1-3-5-6(15-12-11-5)8(13)10-4(2)7(9)14/h4H,3H2,1-2H3,(H2,9,14)(H,10,13). The first-order valence-corrected chi connectivity index (χ1v) is 5.65. The minimum absolute atomic E-state index is 0.220. The Morgan fingerprint density at radius 1 is 1.73 bits per heavy atom. The van der Waals surface area contributed by atoms with Gasteiger partial charge in [0.1, 0.15) is 4.88 Å². The molecule has 1 aromatic heterocycles. The van der Waals surface area contributed by atoms with Gasteiger partial charge in [0.15, 0.2) is 0 Å². The summed E-state index contributed by atoms with van der Waals surface area (Å²) in [4.78, 5) is 12.5. The highest BCUT2D eigenvalue weighted by Gasteiger charge is 2.17. The summed E-state index contributed by atoms with van der Waals surface area (Å²) in [5, 5.41) is 6.53. The molecule has 0 saturated carbocycles. The number of hydrogen-bond acceptors (Lipinski definition) is 5. The quantitative estimate of drug-likeness (QED) is 0.754. The minimum atomic E-state index is -0.320. The third-order valence-electron chi connectivity index (χ3n) is 1.87. The fourth-order valence-electron chi connectivity index (χ4n) is 0.946. The molecule has 1 heterocycles. The van der Waals surface area contributed by atoms with Crippen molar-refractivity contribution in [2.75, 3.05) is 0 Å². The number of aromatic nitrogens is 2. The zero-order chi connectivity index (χ0) is 11.4. The monoisotopic (exact) mass is 244 g/mol. The van der Waals surface area contributed by atoms with Crippen LogP contribution in [0.15, 0.2) is 0 Å². The second kappa shape index (κ2) is 5.13. The number of carbonyl (C=O) groups is 1. The number of nitrogens with two attached hydrogens (primary N) is 1. The number of nitrogens with one attached hydrogen (secondary N) is 1. The first-order chi connectivity index (χ1) is 7.06. The van der Waals surface area contributed by atoms with E-state index in [2.05, 4.69) is 14.9 Å². The Bertz CT molecular complexity index is 376. The minimum Gasteiger partial charge on any atom is -0.392 e. The Kier molecular flexibility index (Phi) is 4.10. The van der Waals surface area contributed by atoms with Crippen LogP contribution in [0.2, 0.25) is 0 Å². The smallest absolute Gasteiger partial charge is 0.265 e. The van der Waals surface area contributed by atoms with Crippen LogP contribution in [0.25, 0.3) is 0 Å². The van der Waals surface area contributed by atoms with Crippen molar-refractivity contribution in [3.8, 4) is 0 Å². The molecule has 1 rings (SSSR count). The molecule has 5 nitrogen and oxygen atoms in total. The predicted molar refractivity (Wildman–Crippen MR) is 63.0 cm³/mol. The highest BCUT2D eigenvalue weighted by atomic mass is 32.1. The molecule has 0 bridgehead atoms. The van der Waals surface area contributed by atoms with Crippen molar-refractivity contribution in [3.63, 3.8) is 0 Å². The molecule has 1 atom stereocenters. The van der Waals surface area contributed by atoms with E-state index in [1.165, 1.54) is 0 Å². The number of aryl methyl sites for hydroxylation is 1. The zero-order valence-electron chi connectivity index (χ0n) is 8.48. The van der Waals surface area contributed by atoms with Crippen molar-refractivity contribution in [2.45, 2.75) is 26.3 Å². The van der Waals surface area contributed by atoms with Crippen LogP contribution in [-0.4, -0.2) is 26.5 Å². The van der Waals surface area contributed by atoms with Gasteiger partial charge in [-0.3, -0.25) is 4.79 Å². The summed E-state index contributed by atoms with van der Waals surface area (Å²) in [6, 6.07) is -0.320. The van der Waals surface area contributed by atoms with Gasteiger partial charge in [0.25, 0.3) is 5.91 Å². The highest BCUT2D eigenvalue weighted by Crippen LogP contribution is 2.10. The molecular weight excluding hydrogens is 232 g/mol. The van der Waals surface area contributed by atoms with E-state index in [0.29, 0.717) is 17.0 Å². The van der Waals surface area contributed by atoms with E-state index in [9.17, 15) is 4.79 Å². The topological polar surface area (TPSA) is 80.9 Å². The van der Waals surface area contributed by atoms with Gasteiger partial charge in [-0.2, -0.15) is 0 Å². The molecule has 82 valence electrons. The van der Waals surface area contributed by atoms with Crippen LogP contribution in [0.1, 0.15) is 29.2 Å². The average molecular weight is 244 g/mol. The van der Waals surface area contributed by atoms with Gasteiger partial charge in [0.2, 0.25) is 0 Å². The van der Waals surface area contributed by atoms with Gasteiger partial charge in [0, 0.05) is 0 Å². The number of hydrogen-bond donors (Lipinski definition) is 2. The Balaban J connectivity index is 2.73. The Morgan fingerprint density at radius 2 is 2.40 bits per heavy atom. The summed E-state index contributed by atoms with van der Waals surface area (Å²) in [7, 11) is 0. The van der Waals surface area contributed by atoms with E-state index in [-0.39, 0.29) is 16.9 Å². The molecule has 7 heteroatoms. The maximum absolute atomic E-state index is 11.7. The third kappa shape index (κ3) is 2.93. The van der Waals surface area contributed by atoms with Gasteiger partial charge in [-0.1, -0.05) is 23.6 Å². The lowest BCUT2D eigenvalue weighted by molar-refractivity contribution is 0.0952. The lowest BCUT2D eigenvalue weighted by atomic mass is 10.2. The van der Waals surface area contributed by atoms with Crippen molar-refractivity contribution >= 4 is 34.6 Å². The van der Waals surface area contributed by atoms with Crippen LogP contribution >= 0.6 is 23.8 Å². The van der Waals surface area contributed by atoms with Crippen molar-refractivity contribution in [3.05, 3.63) is 10.6 Å². The van der Waals surface area contributed by atoms with Gasteiger partial charge in [-0.05, 0) is 24.9 Å². The SMILES string of the molecule is CCc1nnsc1C(=O)NC(C)C(N)=S. The van der Waals surface area contributed by atoms with Crippen LogP contribution in [-0.2, 0) is 6.42 Å². The molecule has 0 fully saturated rings. The molecule has 1 aromatic rings. The van der Waals surface area contributed by atoms with Gasteiger partial charge in [-0.25, -0.2) is 0 Å². The molecule has 0 radical (unpaired) electrons. The maximum atomic E-state index is 11.7. The van der Waals surface area contributed by atoms with E-state index >= 15 is 0 Å². The van der Waals surface area contributed by atoms with Crippen LogP contribution in [0.3, 0.4) is 0 Å². The second-order valence-corrected chi connectivity index (χ2v) is 4.23. The Hall–Kier alpha value is -1.08. The molecule has 3 N–H and O–H groups in total. The second-order valence-electron chi connectivity index (χ2n) is 3.00. The number of carbonyl (C=O) groups excluding carboxylic acids is 1. The molecule has 0 saturated heterocycles. The van der Waals surface area contributed by atoms with E-state index in [1.54, 1.807) is 6.92 Å². The summed E-state index contributed by atoms with van der Waals surface area (Å²) in [5.74, 6) is -0.220. The lowest BCUT2D eigenvalue weighted by Crippen LogP contribution is -2.41. The number of amides is 1. The number of nitrogens with zero attached hydrogens (tertiary/aromatic N) is 2. The van der Waals surface area contributed by atoms with Gasteiger partial charge >= 0.3 is 0 Å². The van der Waals surface area contributed by atoms with E-state index in [1.807, 2.05) is 6.92 Å². The molecule has 0 aliphatic rings. The Morgan fingerprint density at radius 3 is 2.93 bits per heavy atom. The number of thiocarbonyl (C=S) groups is 1. The molecule has 15 heavy (non-hydrogen) atoms. The first kappa shape index (κ1) is 12.0. The van der Waals surface area contributed by atoms with Gasteiger partial charge in [-0.15, -0.1) is 5.10 Å². The van der Waals surface area contributed by atoms with Crippen molar-refractivity contribution < 1.29 is 4.79 Å². The fraction of sp³-hybridized carbons (Fsp3) is 0.500. The summed E-state index contributed by atoms with van der Waals surface area (Å²) >= 11 is 5.84. The largest absolute Gasteiger partial charge is 0.392 e. The summed E-state index contributed by atoms with van der Waals surface area (Å²) in [6.07, 6.45) is 0.681. The molecule has 0 spiro atoms. The summed E-state index contributed by atoms with van der Waals surface area (Å²) in [5.41, 5.74) is 6.10. The molecule has 0 aromatic carbocycles. The van der Waals surface area contributed by atoms with Crippen LogP contribution in [0, 0.1) is 0 Å². The molecule has 1 unspecified atom stereocenters. The van der Waals surface area contributed by atoms with Crippen molar-refractivity contribution in [1.29, 1.82) is 0 Å². The zero-order valence-corrected chi connectivity index (χ0v) is 10.1. The van der Waals surface area contributed by atoms with E-state index in [0.717, 1.165) is 11.5 Å². The molecular formula is C8H12N4OS2. The van der Waals surface area contributed by atoms with E-state index < -0.39 is 0 Å². The predicted octanol–water partition coefficient (Wildman–Crippen LogP) is 0.505. The van der Waals surface area contributed by atoms with Gasteiger partial charge < -0.3 is 11.1 Å². The van der Waals surface area contributed by atoms with Crippen LogP contribution in [0.5, 0.6) is 0 Å². The fourth-order valence-corrected chi connectivity index (χ4v) is 1.66. The van der Waals surface area contributed by atoms with Crippen molar-refractivity contribution in [2.24, 2.45) is 5.73 Å². The van der Waals surface area contributed by atoms with Crippen LogP contribution in [0.4, 0.5) is 0 Å². The van der Waals surface area contributed by atoms with Gasteiger partial charge in [0.05, 0.1) is 16.7 Å². The average Bonchev–Trinajstić information content (AvgIpc) is 2.64. The van der Waals surface area contributed by atoms with Crippen molar-refractivity contribution in [1.82, 2.24) is 14.9 Å². The summed E-state index contributed by atoms with van der Waals surface area (Å²) in [6.45, 7) is 3.66. The Labute approximate surface area is 97.2 Å². The normalized spacial score (nSPS) is 12.1. The molecule has 0 aliphatic heterocycles. The maximum Gasteiger partial charge on any atom is 0.265 e. The first-order valence-electron chi connectivity index (χ1n) is 4.47. The highest BCUT2D eigenvalue weighted by molar-refractivity contribution is 7.80. The summed E-state index contributed by atoms with van der Waals surface area (Å²) < 4.78 is 3.73. The number of rotatable bonds is 4. The van der Waals surface area contributed by atoms with E-state index in [4.69, 9.17) is 18.0 Å².